The van der Waals surface area contributed by atoms with Gasteiger partial charge in [-0.2, -0.15) is 0 Å². The Balaban J connectivity index is 2.37. The smallest absolute Gasteiger partial charge is 0.0894 e. The van der Waals surface area contributed by atoms with Crippen LogP contribution in [0.3, 0.4) is 0 Å². The summed E-state index contributed by atoms with van der Waals surface area (Å²) >= 11 is 0. The molecular formula is C29H42N4. The van der Waals surface area contributed by atoms with E-state index in [1.165, 1.54) is 48.8 Å². The number of allylic oxidation sites excluding steroid dienone is 4. The molecule has 2 N–H and O–H groups in total. The van der Waals surface area contributed by atoms with E-state index in [1.54, 1.807) is 12.4 Å². The summed E-state index contributed by atoms with van der Waals surface area (Å²) in [4.78, 5) is 8.85. The molecular weight excluding hydrogens is 404 g/mol. The van der Waals surface area contributed by atoms with Gasteiger partial charge in [-0.15, -0.1) is 0 Å². The maximum atomic E-state index is 4.92. The van der Waals surface area contributed by atoms with Crippen LogP contribution in [0.4, 0.5) is 0 Å². The Morgan fingerprint density at radius 1 is 1.18 bits per heavy atom. The average Bonchev–Trinajstić information content (AvgIpc) is 2.85. The van der Waals surface area contributed by atoms with Crippen molar-refractivity contribution in [2.75, 3.05) is 6.67 Å². The molecule has 1 saturated carbocycles. The Morgan fingerprint density at radius 3 is 2.64 bits per heavy atom. The minimum atomic E-state index is 0.292. The summed E-state index contributed by atoms with van der Waals surface area (Å²) in [6.07, 6.45) is 20.1. The number of aryl methyl sites for hydroxylation is 2. The minimum Gasteiger partial charge on any atom is -0.368 e. The summed E-state index contributed by atoms with van der Waals surface area (Å²) in [6.45, 7) is 14.6. The molecule has 0 bridgehead atoms. The quantitative estimate of drug-likeness (QED) is 0.260. The van der Waals surface area contributed by atoms with Gasteiger partial charge in [-0.05, 0) is 79.9 Å². The number of aliphatic imine (C=N–C) groups is 2. The van der Waals surface area contributed by atoms with Crippen LogP contribution in [-0.2, 0) is 6.42 Å². The molecule has 4 heteroatoms. The van der Waals surface area contributed by atoms with Crippen LogP contribution >= 0.6 is 0 Å². The maximum Gasteiger partial charge on any atom is 0.0894 e. The van der Waals surface area contributed by atoms with E-state index < -0.39 is 0 Å². The number of rotatable bonds is 13. The largest absolute Gasteiger partial charge is 0.368 e. The molecule has 0 spiro atoms. The average molecular weight is 447 g/mol. The highest BCUT2D eigenvalue weighted by atomic mass is 15.0. The molecule has 1 aliphatic carbocycles. The summed E-state index contributed by atoms with van der Waals surface area (Å²) in [5.74, 6) is 0.292. The van der Waals surface area contributed by atoms with Crippen LogP contribution in [0.15, 0.2) is 77.2 Å². The van der Waals surface area contributed by atoms with Gasteiger partial charge in [0.15, 0.2) is 0 Å². The van der Waals surface area contributed by atoms with Gasteiger partial charge in [0.25, 0.3) is 0 Å². The lowest BCUT2D eigenvalue weighted by atomic mass is 9.90. The van der Waals surface area contributed by atoms with Crippen LogP contribution in [0, 0.1) is 6.92 Å². The molecule has 0 aromatic heterocycles. The lowest BCUT2D eigenvalue weighted by Crippen LogP contribution is -2.31. The van der Waals surface area contributed by atoms with Gasteiger partial charge in [0, 0.05) is 24.4 Å². The fourth-order valence-corrected chi connectivity index (χ4v) is 4.33. The van der Waals surface area contributed by atoms with E-state index in [2.05, 4.69) is 80.0 Å². The van der Waals surface area contributed by atoms with Crippen molar-refractivity contribution in [1.29, 1.82) is 0 Å². The van der Waals surface area contributed by atoms with E-state index in [1.807, 2.05) is 12.3 Å². The molecule has 178 valence electrons. The molecule has 1 aromatic rings. The molecule has 0 heterocycles. The molecule has 1 unspecified atom stereocenters. The first-order chi connectivity index (χ1) is 16.1. The van der Waals surface area contributed by atoms with Crippen LogP contribution in [0.5, 0.6) is 0 Å². The molecule has 1 aromatic carbocycles. The predicted octanol–water partition coefficient (Wildman–Crippen LogP) is 6.76. The van der Waals surface area contributed by atoms with Crippen molar-refractivity contribution in [2.24, 2.45) is 9.98 Å². The summed E-state index contributed by atoms with van der Waals surface area (Å²) in [5, 5.41) is 6.69. The predicted molar refractivity (Wildman–Crippen MR) is 145 cm³/mol. The first-order valence-electron chi connectivity index (χ1n) is 12.4. The lowest BCUT2D eigenvalue weighted by Gasteiger charge is -2.22. The molecule has 1 atom stereocenters. The zero-order valence-electron chi connectivity index (χ0n) is 20.8. The van der Waals surface area contributed by atoms with Crippen molar-refractivity contribution in [1.82, 2.24) is 10.6 Å². The van der Waals surface area contributed by atoms with Gasteiger partial charge in [-0.25, -0.2) is 0 Å². The maximum absolute atomic E-state index is 4.92. The van der Waals surface area contributed by atoms with Crippen LogP contribution < -0.4 is 10.6 Å². The summed E-state index contributed by atoms with van der Waals surface area (Å²) in [6, 6.07) is 7.42. The van der Waals surface area contributed by atoms with E-state index in [9.17, 15) is 0 Å². The highest BCUT2D eigenvalue weighted by molar-refractivity contribution is 6.10. The van der Waals surface area contributed by atoms with Gasteiger partial charge in [0.05, 0.1) is 12.4 Å². The summed E-state index contributed by atoms with van der Waals surface area (Å²) in [7, 11) is 0. The Morgan fingerprint density at radius 2 is 1.97 bits per heavy atom. The van der Waals surface area contributed by atoms with Crippen LogP contribution in [0.2, 0.25) is 0 Å². The van der Waals surface area contributed by atoms with Crippen molar-refractivity contribution in [3.05, 3.63) is 83.9 Å². The third-order valence-electron chi connectivity index (χ3n) is 6.35. The molecule has 0 radical (unpaired) electrons. The fourth-order valence-electron chi connectivity index (χ4n) is 4.33. The number of benzene rings is 1. The molecule has 2 rings (SSSR count). The summed E-state index contributed by atoms with van der Waals surface area (Å²) < 4.78 is 0. The molecule has 33 heavy (non-hydrogen) atoms. The molecule has 1 fully saturated rings. The van der Waals surface area contributed by atoms with Gasteiger partial charge < -0.3 is 5.32 Å². The number of hydrogen-bond donors (Lipinski definition) is 2. The monoisotopic (exact) mass is 446 g/mol. The van der Waals surface area contributed by atoms with E-state index in [4.69, 9.17) is 4.99 Å². The molecule has 0 aliphatic heterocycles. The Labute approximate surface area is 201 Å². The van der Waals surface area contributed by atoms with Gasteiger partial charge >= 0.3 is 0 Å². The first-order valence-corrected chi connectivity index (χ1v) is 12.4. The zero-order valence-corrected chi connectivity index (χ0v) is 20.8. The molecule has 1 aliphatic rings. The highest BCUT2D eigenvalue weighted by Gasteiger charge is 2.13. The zero-order chi connectivity index (χ0) is 23.9. The van der Waals surface area contributed by atoms with Crippen molar-refractivity contribution in [2.45, 2.75) is 77.7 Å². The van der Waals surface area contributed by atoms with Gasteiger partial charge in [0.2, 0.25) is 0 Å². The molecule has 0 amide bonds. The van der Waals surface area contributed by atoms with Crippen molar-refractivity contribution in [3.63, 3.8) is 0 Å². The van der Waals surface area contributed by atoms with E-state index in [-0.39, 0.29) is 0 Å². The number of nitrogens with zero attached hydrogens (tertiary/aromatic N) is 2. The number of nitrogens with one attached hydrogen (secondary N) is 2. The first kappa shape index (κ1) is 26.5. The Hall–Kier alpha value is -2.72. The molecule has 0 saturated heterocycles. The van der Waals surface area contributed by atoms with Gasteiger partial charge in [-0.3, -0.25) is 15.3 Å². The second-order valence-electron chi connectivity index (χ2n) is 8.62. The van der Waals surface area contributed by atoms with Crippen LogP contribution in [-0.4, -0.2) is 25.1 Å². The lowest BCUT2D eigenvalue weighted by molar-refractivity contribution is 0.378. The van der Waals surface area contributed by atoms with E-state index in [0.29, 0.717) is 18.6 Å². The van der Waals surface area contributed by atoms with E-state index >= 15 is 0 Å². The molecule has 4 nitrogen and oxygen atoms in total. The second kappa shape index (κ2) is 15.2. The normalized spacial score (nSPS) is 16.9. The third-order valence-corrected chi connectivity index (χ3v) is 6.35. The summed E-state index contributed by atoms with van der Waals surface area (Å²) in [5.41, 5.74) is 6.06. The standard InChI is InChI=1S/C29H42N4/c1-6-24-20-26(15-14-23(24)4)25(7-2)21-27(16-19-31-8-3)29(17-18-30-5)33-22-32-28-12-10-9-11-13-28/h8,14-21,25,28,31-32H,3,5-7,9-13,22H2,1-2,4H3/b18-17-,19-16-,27-21+,33-29?. The van der Waals surface area contributed by atoms with Crippen LogP contribution in [0.1, 0.15) is 75.0 Å². The topological polar surface area (TPSA) is 48.8 Å². The highest BCUT2D eigenvalue weighted by Crippen LogP contribution is 2.26. The second-order valence-corrected chi connectivity index (χ2v) is 8.62. The van der Waals surface area contributed by atoms with Crippen molar-refractivity contribution >= 4 is 12.4 Å². The minimum absolute atomic E-state index is 0.292. The van der Waals surface area contributed by atoms with E-state index in [0.717, 1.165) is 24.1 Å². The van der Waals surface area contributed by atoms with Gasteiger partial charge in [0.1, 0.15) is 0 Å². The Kier molecular flexibility index (Phi) is 12.2. The SMILES string of the molecule is C=CN/C=C\C(=C/C(CC)c1ccc(C)c(CC)c1)C(/C=C\N=C)=NCNC1CCCCC1. The fraction of sp³-hybridized carbons (Fsp3) is 0.448. The van der Waals surface area contributed by atoms with Crippen molar-refractivity contribution in [3.8, 4) is 0 Å². The number of hydrogen-bond acceptors (Lipinski definition) is 4. The third kappa shape index (κ3) is 8.97. The van der Waals surface area contributed by atoms with Crippen LogP contribution in [0.25, 0.3) is 0 Å². The van der Waals surface area contributed by atoms with Crippen molar-refractivity contribution < 1.29 is 0 Å². The van der Waals surface area contributed by atoms with Gasteiger partial charge in [-0.1, -0.05) is 64.0 Å². The Bertz CT molecular complexity index is 870.